The molecule has 4 N–H and O–H groups in total. The number of aliphatic hydroxyl groups is 1. The molecule has 0 heterocycles. The zero-order valence-electron chi connectivity index (χ0n) is 5.72. The molecule has 0 aromatic heterocycles. The summed E-state index contributed by atoms with van der Waals surface area (Å²) < 4.78 is 0. The molecule has 0 spiro atoms. The van der Waals surface area contributed by atoms with Crippen LogP contribution in [0.2, 0.25) is 0 Å². The van der Waals surface area contributed by atoms with Crippen LogP contribution in [0.25, 0.3) is 0 Å². The molecule has 0 unspecified atom stereocenters. The van der Waals surface area contributed by atoms with Crippen LogP contribution in [0, 0.1) is 0 Å². The molecule has 0 aliphatic heterocycles. The van der Waals surface area contributed by atoms with E-state index < -0.39 is 12.6 Å². The van der Waals surface area contributed by atoms with Crippen LogP contribution in [0.4, 0.5) is 0 Å². The smallest absolute Gasteiger partial charge is 1.00 e. The summed E-state index contributed by atoms with van der Waals surface area (Å²) >= 11 is 0. The molecule has 0 saturated carbocycles. The molecular formula is C2H8CaO4. The number of rotatable bonds is 1. The number of carboxylic acid groups (broad SMARTS) is 1. The zero-order valence-corrected chi connectivity index (χ0v) is 5.93. The van der Waals surface area contributed by atoms with Crippen molar-refractivity contribution in [1.29, 1.82) is 0 Å². The van der Waals surface area contributed by atoms with E-state index >= 15 is 0 Å². The third kappa shape index (κ3) is 20.5. The average molecular weight is 136 g/mol. The van der Waals surface area contributed by atoms with E-state index in [2.05, 4.69) is 0 Å². The SMILES string of the molecule is O.O=C(O)CO.[Ca+2].[H-].[H-]. The maximum atomic E-state index is 9.12. The topological polar surface area (TPSA) is 89.0 Å². The number of hydrogen-bond donors (Lipinski definition) is 2. The molecule has 0 amide bonds. The van der Waals surface area contributed by atoms with Crippen molar-refractivity contribution in [3.63, 3.8) is 0 Å². The molecule has 0 aromatic carbocycles. The second-order valence-electron chi connectivity index (χ2n) is 0.552. The van der Waals surface area contributed by atoms with Gasteiger partial charge in [0.05, 0.1) is 0 Å². The van der Waals surface area contributed by atoms with Crippen LogP contribution < -0.4 is 0 Å². The molecule has 0 aliphatic rings. The van der Waals surface area contributed by atoms with Gasteiger partial charge in [0.15, 0.2) is 0 Å². The van der Waals surface area contributed by atoms with Crippen LogP contribution in [0.5, 0.6) is 0 Å². The summed E-state index contributed by atoms with van der Waals surface area (Å²) in [7, 11) is 0. The number of carboxylic acids is 1. The molecule has 0 aromatic rings. The van der Waals surface area contributed by atoms with Crippen molar-refractivity contribution in [2.75, 3.05) is 6.61 Å². The monoisotopic (exact) mass is 136 g/mol. The summed E-state index contributed by atoms with van der Waals surface area (Å²) in [6, 6.07) is 0. The van der Waals surface area contributed by atoms with Crippen LogP contribution in [0.3, 0.4) is 0 Å². The van der Waals surface area contributed by atoms with Gasteiger partial charge in [-0.25, -0.2) is 4.79 Å². The first-order valence-electron chi connectivity index (χ1n) is 1.10. The van der Waals surface area contributed by atoms with Crippen LogP contribution in [0.1, 0.15) is 2.85 Å². The van der Waals surface area contributed by atoms with Gasteiger partial charge >= 0.3 is 43.7 Å². The Kier molecular flexibility index (Phi) is 21.9. The van der Waals surface area contributed by atoms with E-state index in [0.29, 0.717) is 0 Å². The molecule has 7 heavy (non-hydrogen) atoms. The Morgan fingerprint density at radius 2 is 1.86 bits per heavy atom. The standard InChI is InChI=1S/C2H4O3.Ca.H2O.2H/c3-1-2(4)5;;;;/h3H,1H2,(H,4,5);;1H2;;/q;+2;;2*-1. The van der Waals surface area contributed by atoms with Crippen molar-refractivity contribution < 1.29 is 23.3 Å². The van der Waals surface area contributed by atoms with E-state index in [4.69, 9.17) is 15.0 Å². The summed E-state index contributed by atoms with van der Waals surface area (Å²) in [5, 5.41) is 15.0. The fourth-order valence-corrected chi connectivity index (χ4v) is 0. The van der Waals surface area contributed by atoms with Gasteiger partial charge in [-0.05, 0) is 0 Å². The van der Waals surface area contributed by atoms with E-state index in [0.717, 1.165) is 0 Å². The van der Waals surface area contributed by atoms with Crippen molar-refractivity contribution in [3.8, 4) is 0 Å². The summed E-state index contributed by atoms with van der Waals surface area (Å²) in [6.45, 7) is -0.778. The molecule has 42 valence electrons. The molecule has 0 atom stereocenters. The van der Waals surface area contributed by atoms with Gasteiger partial charge in [-0.2, -0.15) is 0 Å². The molecule has 0 bridgehead atoms. The van der Waals surface area contributed by atoms with Gasteiger partial charge in [-0.1, -0.05) is 0 Å². The van der Waals surface area contributed by atoms with Crippen LogP contribution >= 0.6 is 0 Å². The van der Waals surface area contributed by atoms with Crippen molar-refractivity contribution >= 4 is 43.7 Å². The van der Waals surface area contributed by atoms with E-state index in [9.17, 15) is 0 Å². The number of aliphatic hydroxyl groups excluding tert-OH is 1. The van der Waals surface area contributed by atoms with Gasteiger partial charge in [0.25, 0.3) is 0 Å². The molecule has 4 nitrogen and oxygen atoms in total. The van der Waals surface area contributed by atoms with E-state index in [1.807, 2.05) is 0 Å². The van der Waals surface area contributed by atoms with Crippen molar-refractivity contribution in [3.05, 3.63) is 0 Å². The number of carbonyl (C=O) groups is 1. The predicted octanol–water partition coefficient (Wildman–Crippen LogP) is -1.92. The van der Waals surface area contributed by atoms with Crippen LogP contribution in [-0.2, 0) is 4.79 Å². The molecule has 0 saturated heterocycles. The van der Waals surface area contributed by atoms with Crippen LogP contribution in [-0.4, -0.2) is 66.0 Å². The molecular weight excluding hydrogens is 128 g/mol. The fraction of sp³-hybridized carbons (Fsp3) is 0.500. The number of hydrogen-bond acceptors (Lipinski definition) is 2. The largest absolute Gasteiger partial charge is 2.00 e. The fourth-order valence-electron chi connectivity index (χ4n) is 0. The minimum Gasteiger partial charge on any atom is -1.00 e. The van der Waals surface area contributed by atoms with Gasteiger partial charge in [0, 0.05) is 0 Å². The molecule has 0 aliphatic carbocycles. The van der Waals surface area contributed by atoms with E-state index in [1.54, 1.807) is 0 Å². The van der Waals surface area contributed by atoms with Crippen LogP contribution in [0.15, 0.2) is 0 Å². The molecule has 0 fully saturated rings. The van der Waals surface area contributed by atoms with Gasteiger partial charge in [-0.15, -0.1) is 0 Å². The Labute approximate surface area is 73.4 Å². The third-order valence-electron chi connectivity index (χ3n) is 0.135. The maximum Gasteiger partial charge on any atom is 2.00 e. The van der Waals surface area contributed by atoms with E-state index in [1.165, 1.54) is 0 Å². The minimum atomic E-state index is -1.19. The third-order valence-corrected chi connectivity index (χ3v) is 0.135. The molecule has 0 radical (unpaired) electrons. The van der Waals surface area contributed by atoms with Crippen molar-refractivity contribution in [2.24, 2.45) is 0 Å². The Morgan fingerprint density at radius 3 is 1.86 bits per heavy atom. The Hall–Kier alpha value is 0.650. The Bertz CT molecular complexity index is 51.8. The predicted molar refractivity (Wildman–Crippen MR) is 26.3 cm³/mol. The first kappa shape index (κ1) is 15.6. The van der Waals surface area contributed by atoms with Gasteiger partial charge in [0.2, 0.25) is 0 Å². The van der Waals surface area contributed by atoms with E-state index in [-0.39, 0.29) is 46.1 Å². The normalized spacial score (nSPS) is 5.29. The minimum absolute atomic E-state index is 0. The number of aliphatic carboxylic acids is 1. The van der Waals surface area contributed by atoms with Gasteiger partial charge in [0.1, 0.15) is 6.61 Å². The first-order valence-corrected chi connectivity index (χ1v) is 1.10. The average Bonchev–Trinajstić information content (AvgIpc) is 1.38. The van der Waals surface area contributed by atoms with Crippen molar-refractivity contribution in [1.82, 2.24) is 0 Å². The summed E-state index contributed by atoms with van der Waals surface area (Å²) in [5.74, 6) is -1.19. The maximum absolute atomic E-state index is 9.12. The summed E-state index contributed by atoms with van der Waals surface area (Å²) in [4.78, 5) is 9.12. The van der Waals surface area contributed by atoms with Gasteiger partial charge < -0.3 is 18.5 Å². The van der Waals surface area contributed by atoms with Gasteiger partial charge in [-0.3, -0.25) is 0 Å². The second kappa shape index (κ2) is 9.82. The first-order chi connectivity index (χ1) is 2.27. The Morgan fingerprint density at radius 1 is 1.71 bits per heavy atom. The summed E-state index contributed by atoms with van der Waals surface area (Å²) in [5.41, 5.74) is 0. The quantitative estimate of drug-likeness (QED) is 0.412. The summed E-state index contributed by atoms with van der Waals surface area (Å²) in [6.07, 6.45) is 0. The molecule has 0 rings (SSSR count). The second-order valence-corrected chi connectivity index (χ2v) is 0.552. The van der Waals surface area contributed by atoms with Crippen molar-refractivity contribution in [2.45, 2.75) is 0 Å². The molecule has 5 heteroatoms. The Balaban J connectivity index is -0.0000000133. The zero-order chi connectivity index (χ0) is 4.28.